The molecule has 8 N–H and O–H groups in total. The SMILES string of the molecule is C.C/C(=N\O)c1ccc(Cl)s1.CC(=NP(=O)(c1ccccc1)c1ccccc1)c1ccc(Cl)s1.CC(=O)C1CC(=O)N(P(=O)(c2ccccc2)c2ccccc2)C1(C)c1ccc(Cl)s1.CC(=O)c1ccc(Cl)s1.CCOC(=O)/C=C/C(C)=O.CCOC(=O)[C@H]1CC(=O)N[C@]1(C)c1ccc(Cl)s1.C[C@]1(c2ccc(Cl)s2)NC(=O)C[C@@H]1C(=O)O.Cl.ClP(c1ccccc1)c1ccccc1.NO.[Li+].[OH-]. The van der Waals surface area contributed by atoms with E-state index in [1.165, 1.54) is 110 Å². The van der Waals surface area contributed by atoms with E-state index in [1.807, 2.05) is 185 Å². The number of Topliss-reactive ketones (excluding diaryl/α,β-unsaturated/α-hetero) is 2. The van der Waals surface area contributed by atoms with Gasteiger partial charge in [0.1, 0.15) is 5.78 Å². The summed E-state index contributed by atoms with van der Waals surface area (Å²) in [4.78, 5) is 108. The summed E-state index contributed by atoms with van der Waals surface area (Å²) < 4.78 is 48.3. The largest absolute Gasteiger partial charge is 1.00 e. The number of hydrogen-bond donors (Lipinski definition) is 6. The van der Waals surface area contributed by atoms with Gasteiger partial charge in [0.25, 0.3) is 0 Å². The van der Waals surface area contributed by atoms with Gasteiger partial charge in [0.15, 0.2) is 11.6 Å². The molecule has 6 atom stereocenters. The van der Waals surface area contributed by atoms with Crippen molar-refractivity contribution < 1.29 is 102 Å². The number of allylic oxidation sites excluding steroid dienone is 1. The number of nitrogens with one attached hydrogen (secondary N) is 2. The third-order valence-electron chi connectivity index (χ3n) is 19.9. The fraction of sp³-hybridized carbons (Fsp3) is 0.232. The second-order valence-corrected chi connectivity index (χ2v) is 46.9. The summed E-state index contributed by atoms with van der Waals surface area (Å²) in [6, 6.07) is 78.8. The molecular weight excluding hydrogens is 2070 g/mol. The van der Waals surface area contributed by atoms with E-state index in [2.05, 4.69) is 55.5 Å². The number of nitrogens with zero attached hydrogens (tertiary/aromatic N) is 3. The second-order valence-electron chi connectivity index (χ2n) is 29.0. The summed E-state index contributed by atoms with van der Waals surface area (Å²) in [5.74, 6) is -0.996. The maximum absolute atomic E-state index is 15.0. The number of halogens is 8. The standard InChI is InChI=1S/C23H21ClNO3PS.C18H15ClNOPS.C12H14ClNO3S.C12H10ClP.C10H10ClNO3S.C7H10O3.C6H6ClNOS.C6H5ClOS.CH4.ClH.Li.H3NO.H2O/c1-16(26)19-15-22(27)25(23(19,2)20-13-14-21(24)30-20)29(28,17-9-5-3-6-10-17)18-11-7-4-8-12-18;1-14(17-12-13-18(19)23-17)20-22(21,15-8-4-2-5-9-15)16-10-6-3-7-11-16;1-3-17-11(16)7-6-10(15)14-12(7,2)8-4-5-9(13)18-8;13-14(11-7-3-1-4-8-11)12-9-5-2-6-10-12;1-10(6-2-3-7(11)16-6)5(9(14)15)4-8(13)12-10;1-3-10-7(9)5-4-6(2)8;1-4(8-9)5-2-3-6(7)10-5;1-4(8)5-2-3-6(7)9-5;;;;1-2;/h3-14,19H,15H2,1-2H3;2-13H,1H3;4-5,7H,3,6H2,1-2H3,(H,14,15);1-10H;2-3,5H,4H2,1H3,(H,12,13)(H,14,15);4-5H,3H2,1-2H3;2-3,9H,1H3;2-3H,1H3;1H4;1H;;2H,1H2;1H2/q;;;;;;;;;;+1;;/p-1/b;;;;;5-4+;8-4+;;;;;;/t;;7-,12+;;5-,10+;;;;;;;;/m..1.1......../s1. The van der Waals surface area contributed by atoms with Crippen molar-refractivity contribution in [1.29, 1.82) is 0 Å². The zero-order valence-electron chi connectivity index (χ0n) is 74.5. The zero-order valence-corrected chi connectivity index (χ0v) is 88.2. The molecule has 2 unspecified atom stereocenters. The number of carboxylic acids is 1. The van der Waals surface area contributed by atoms with Crippen molar-refractivity contribution in [2.45, 2.75) is 113 Å². The Morgan fingerprint density at radius 3 is 1.15 bits per heavy atom. The predicted molar refractivity (Wildman–Crippen MR) is 559 cm³/mol. The Morgan fingerprint density at radius 2 is 0.824 bits per heavy atom. The van der Waals surface area contributed by atoms with Crippen LogP contribution in [-0.4, -0.2) is 103 Å². The minimum atomic E-state index is -3.59. The minimum absolute atomic E-state index is 0. The Balaban J connectivity index is 0.000000410. The summed E-state index contributed by atoms with van der Waals surface area (Å²) in [6.07, 6.45) is 2.49. The Bertz CT molecular complexity index is 5960. The maximum Gasteiger partial charge on any atom is 1.00 e. The van der Waals surface area contributed by atoms with E-state index < -0.39 is 68.2 Å². The number of thiophene rings is 6. The number of rotatable bonds is 21. The van der Waals surface area contributed by atoms with Crippen LogP contribution in [0.15, 0.2) is 277 Å². The normalized spacial score (nSPS) is 17.2. The summed E-state index contributed by atoms with van der Waals surface area (Å²) >= 11 is 49.7. The van der Waals surface area contributed by atoms with Crippen LogP contribution in [0.2, 0.25) is 26.0 Å². The number of esters is 2. The van der Waals surface area contributed by atoms with Crippen LogP contribution in [0.4, 0.5) is 0 Å². The third kappa shape index (κ3) is 33.6. The molecule has 6 aromatic heterocycles. The van der Waals surface area contributed by atoms with Crippen LogP contribution >= 0.6 is 183 Å². The number of ether oxygens (including phenoxy) is 2. The van der Waals surface area contributed by atoms with Crippen molar-refractivity contribution in [3.05, 3.63) is 322 Å². The molecular formula is C95H100Cl8LiN6O17P3S6. The van der Waals surface area contributed by atoms with E-state index in [0.29, 0.717) is 55.6 Å². The molecule has 3 aliphatic heterocycles. The van der Waals surface area contributed by atoms with E-state index >= 15 is 0 Å². The monoisotopic (exact) mass is 2170 g/mol. The van der Waals surface area contributed by atoms with Crippen LogP contribution in [0.5, 0.6) is 0 Å². The van der Waals surface area contributed by atoms with E-state index in [4.69, 9.17) is 101 Å². The Hall–Kier alpha value is -8.08. The van der Waals surface area contributed by atoms with Crippen LogP contribution in [0.25, 0.3) is 0 Å². The molecule has 41 heteroatoms. The number of nitrogens with two attached hydrogens (primary N) is 1. The van der Waals surface area contributed by atoms with Crippen molar-refractivity contribution in [1.82, 2.24) is 15.3 Å². The van der Waals surface area contributed by atoms with Crippen molar-refractivity contribution in [3.8, 4) is 0 Å². The molecule has 12 aromatic rings. The molecule has 0 bridgehead atoms. The van der Waals surface area contributed by atoms with Gasteiger partial charge in [-0.2, -0.15) is 0 Å². The molecule has 15 rings (SSSR count). The quantitative estimate of drug-likeness (QED) is 0.00569. The Morgan fingerprint density at radius 1 is 0.485 bits per heavy atom. The fourth-order valence-electron chi connectivity index (χ4n) is 13.5. The van der Waals surface area contributed by atoms with Gasteiger partial charge in [0.2, 0.25) is 32.3 Å². The van der Waals surface area contributed by atoms with Crippen molar-refractivity contribution in [2.24, 2.45) is 33.6 Å². The molecule has 0 spiro atoms. The van der Waals surface area contributed by atoms with Gasteiger partial charge in [0.05, 0.1) is 102 Å². The van der Waals surface area contributed by atoms with Crippen molar-refractivity contribution in [2.75, 3.05) is 13.2 Å². The molecule has 0 saturated carbocycles. The van der Waals surface area contributed by atoms with Crippen LogP contribution in [0.3, 0.4) is 0 Å². The molecule has 3 amide bonds. The molecule has 9 heterocycles. The summed E-state index contributed by atoms with van der Waals surface area (Å²) in [5.41, 5.74) is -1.31. The van der Waals surface area contributed by atoms with E-state index in [-0.39, 0.29) is 104 Å². The first-order chi connectivity index (χ1) is 62.8. The summed E-state index contributed by atoms with van der Waals surface area (Å²) in [5, 5.41) is 37.6. The van der Waals surface area contributed by atoms with E-state index in [9.17, 15) is 52.3 Å². The number of ketones is 3. The number of benzene rings is 6. The van der Waals surface area contributed by atoms with Gasteiger partial charge in [-0.05, 0) is 207 Å². The van der Waals surface area contributed by atoms with Gasteiger partial charge in [-0.3, -0.25) is 52.2 Å². The zero-order chi connectivity index (χ0) is 97.3. The molecule has 23 nitrogen and oxygen atoms in total. The van der Waals surface area contributed by atoms with Gasteiger partial charge in [-0.25, -0.2) is 15.5 Å². The number of aliphatic carboxylic acids is 1. The average molecular weight is 2170 g/mol. The van der Waals surface area contributed by atoms with Crippen molar-refractivity contribution >= 4 is 279 Å². The number of oxime groups is 1. The molecule has 6 aromatic carbocycles. The van der Waals surface area contributed by atoms with Crippen molar-refractivity contribution in [3.63, 3.8) is 0 Å². The first-order valence-corrected chi connectivity index (χ1v) is 52.8. The van der Waals surface area contributed by atoms with Gasteiger partial charge in [-0.15, -0.1) is 80.4 Å². The molecule has 3 fully saturated rings. The molecule has 720 valence electrons. The minimum Gasteiger partial charge on any atom is -0.870 e. The van der Waals surface area contributed by atoms with E-state index in [1.54, 1.807) is 94.4 Å². The van der Waals surface area contributed by atoms with Crippen LogP contribution in [0.1, 0.15) is 130 Å². The van der Waals surface area contributed by atoms with Gasteiger partial charge in [0, 0.05) is 66.1 Å². The number of carbonyl (C=O) groups excluding carboxylic acids is 8. The van der Waals surface area contributed by atoms with Gasteiger partial charge < -0.3 is 41.1 Å². The van der Waals surface area contributed by atoms with Crippen LogP contribution in [0, 0.1) is 17.8 Å². The van der Waals surface area contributed by atoms with E-state index in [0.717, 1.165) is 51.7 Å². The average Bonchev–Trinajstić information content (AvgIpc) is 1.54. The topological polar surface area (TPSA) is 375 Å². The van der Waals surface area contributed by atoms with Crippen LogP contribution < -0.4 is 67.2 Å². The number of amides is 3. The number of carboxylic acid groups (broad SMARTS) is 1. The number of hydrogen-bond acceptors (Lipinski definition) is 24. The fourth-order valence-corrected chi connectivity index (χ4v) is 27.4. The summed E-state index contributed by atoms with van der Waals surface area (Å²) in [6.45, 7) is 17.5. The summed E-state index contributed by atoms with van der Waals surface area (Å²) in [7, 11) is -7.37. The van der Waals surface area contributed by atoms with Gasteiger partial charge >= 0.3 is 36.8 Å². The Labute approximate surface area is 869 Å². The smallest absolute Gasteiger partial charge is 0.870 e. The van der Waals surface area contributed by atoms with Gasteiger partial charge in [-0.1, -0.05) is 227 Å². The first kappa shape index (κ1) is 122. The predicted octanol–water partition coefficient (Wildman–Crippen LogP) is 20.7. The molecule has 0 aliphatic carbocycles. The molecule has 3 saturated heterocycles. The number of carbonyl (C=O) groups is 9. The Kier molecular flexibility index (Phi) is 52.8. The second kappa shape index (κ2) is 58.8. The molecule has 0 radical (unpaired) electrons. The molecule has 3 aliphatic rings. The molecule has 136 heavy (non-hydrogen) atoms. The maximum atomic E-state index is 15.0. The van der Waals surface area contributed by atoms with Crippen LogP contribution in [-0.2, 0) is 73.6 Å². The third-order valence-corrected chi connectivity index (χ3v) is 36.8. The first-order valence-electron chi connectivity index (χ1n) is 40.0.